The van der Waals surface area contributed by atoms with Crippen LogP contribution in [0.1, 0.15) is 31.2 Å². The van der Waals surface area contributed by atoms with Gasteiger partial charge in [-0.25, -0.2) is 0 Å². The van der Waals surface area contributed by atoms with Crippen LogP contribution in [0.5, 0.6) is 0 Å². The van der Waals surface area contributed by atoms with Crippen LogP contribution in [0, 0.1) is 12.8 Å². The highest BCUT2D eigenvalue weighted by Crippen LogP contribution is 2.28. The molecule has 1 aromatic rings. The molecule has 3 rings (SSSR count). The number of carbonyl (C=O) groups excluding carboxylic acids is 2. The first-order valence-electron chi connectivity index (χ1n) is 8.45. The molecule has 0 bridgehead atoms. The van der Waals surface area contributed by atoms with Crippen LogP contribution in [0.4, 0.5) is 11.4 Å². The molecule has 2 aliphatic heterocycles. The number of hydrogen-bond donors (Lipinski definition) is 1. The average molecular weight is 315 g/mol. The summed E-state index contributed by atoms with van der Waals surface area (Å²) >= 11 is 0. The lowest BCUT2D eigenvalue weighted by atomic mass is 9.97. The van der Waals surface area contributed by atoms with Crippen molar-refractivity contribution in [2.45, 2.75) is 32.6 Å². The van der Waals surface area contributed by atoms with Crippen LogP contribution in [-0.2, 0) is 9.59 Å². The number of likely N-dealkylation sites (tertiary alicyclic amines) is 1. The highest BCUT2D eigenvalue weighted by atomic mass is 16.2. The lowest BCUT2D eigenvalue weighted by molar-refractivity contribution is -0.121. The molecule has 0 spiro atoms. The molecule has 1 atom stereocenters. The van der Waals surface area contributed by atoms with Crippen LogP contribution in [0.15, 0.2) is 18.2 Å². The predicted molar refractivity (Wildman–Crippen MR) is 91.6 cm³/mol. The number of amides is 2. The molecule has 124 valence electrons. The number of benzene rings is 1. The topological polar surface area (TPSA) is 52.7 Å². The van der Waals surface area contributed by atoms with Gasteiger partial charge in [0.25, 0.3) is 0 Å². The Morgan fingerprint density at radius 2 is 2.09 bits per heavy atom. The van der Waals surface area contributed by atoms with Crippen LogP contribution in [0.3, 0.4) is 0 Å². The van der Waals surface area contributed by atoms with Crippen molar-refractivity contribution >= 4 is 23.2 Å². The Balaban J connectivity index is 1.68. The smallest absolute Gasteiger partial charge is 0.228 e. The molecule has 0 saturated carbocycles. The minimum Gasteiger partial charge on any atom is -0.326 e. The normalized spacial score (nSPS) is 22.4. The summed E-state index contributed by atoms with van der Waals surface area (Å²) < 4.78 is 0. The van der Waals surface area contributed by atoms with Gasteiger partial charge in [0.1, 0.15) is 0 Å². The Hall–Kier alpha value is -1.88. The zero-order chi connectivity index (χ0) is 16.4. The number of carbonyl (C=O) groups is 2. The molecular formula is C18H25N3O2. The fourth-order valence-electron chi connectivity index (χ4n) is 3.56. The van der Waals surface area contributed by atoms with Crippen molar-refractivity contribution in [3.8, 4) is 0 Å². The molecule has 2 aliphatic rings. The summed E-state index contributed by atoms with van der Waals surface area (Å²) in [5.41, 5.74) is 2.80. The third-order valence-electron chi connectivity index (χ3n) is 4.82. The number of nitrogens with zero attached hydrogens (tertiary/aromatic N) is 2. The summed E-state index contributed by atoms with van der Waals surface area (Å²) in [5, 5.41) is 3.03. The maximum Gasteiger partial charge on any atom is 0.228 e. The van der Waals surface area contributed by atoms with Gasteiger partial charge in [0, 0.05) is 30.9 Å². The second-order valence-corrected chi connectivity index (χ2v) is 6.74. The highest BCUT2D eigenvalue weighted by molar-refractivity contribution is 5.97. The van der Waals surface area contributed by atoms with Crippen LogP contribution >= 0.6 is 0 Å². The van der Waals surface area contributed by atoms with E-state index in [1.54, 1.807) is 0 Å². The molecule has 23 heavy (non-hydrogen) atoms. The molecular weight excluding hydrogens is 290 g/mol. The van der Waals surface area contributed by atoms with E-state index in [9.17, 15) is 9.59 Å². The van der Waals surface area contributed by atoms with Crippen molar-refractivity contribution < 1.29 is 9.59 Å². The third kappa shape index (κ3) is 3.55. The van der Waals surface area contributed by atoms with Crippen molar-refractivity contribution in [1.82, 2.24) is 4.90 Å². The quantitative estimate of drug-likeness (QED) is 0.932. The van der Waals surface area contributed by atoms with E-state index in [1.165, 1.54) is 0 Å². The highest BCUT2D eigenvalue weighted by Gasteiger charge is 2.25. The Bertz CT molecular complexity index is 614. The predicted octanol–water partition coefficient (Wildman–Crippen LogP) is 2.40. The molecule has 0 unspecified atom stereocenters. The number of hydrogen-bond acceptors (Lipinski definition) is 3. The van der Waals surface area contributed by atoms with Gasteiger partial charge in [-0.1, -0.05) is 0 Å². The van der Waals surface area contributed by atoms with E-state index >= 15 is 0 Å². The van der Waals surface area contributed by atoms with Crippen molar-refractivity contribution in [3.05, 3.63) is 23.8 Å². The van der Waals surface area contributed by atoms with Crippen molar-refractivity contribution in [2.24, 2.45) is 5.92 Å². The number of piperidine rings is 1. The van der Waals surface area contributed by atoms with Crippen LogP contribution < -0.4 is 10.2 Å². The Morgan fingerprint density at radius 1 is 1.26 bits per heavy atom. The molecule has 5 heteroatoms. The van der Waals surface area contributed by atoms with E-state index in [0.29, 0.717) is 6.42 Å². The number of anilines is 2. The lowest BCUT2D eigenvalue weighted by Gasteiger charge is -2.28. The van der Waals surface area contributed by atoms with Crippen molar-refractivity contribution in [2.75, 3.05) is 36.9 Å². The second kappa shape index (κ2) is 6.71. The largest absolute Gasteiger partial charge is 0.326 e. The van der Waals surface area contributed by atoms with Crippen LogP contribution in [0.2, 0.25) is 0 Å². The maximum absolute atomic E-state index is 12.4. The van der Waals surface area contributed by atoms with Gasteiger partial charge < -0.3 is 15.1 Å². The zero-order valence-corrected chi connectivity index (χ0v) is 14.0. The minimum atomic E-state index is 0.0638. The standard InChI is InChI=1S/C18H25N3O2/c1-13-11-15(7-8-16(13)21-10-4-6-17(21)22)19-18(23)14-5-3-9-20(2)12-14/h7-8,11,14H,3-6,9-10,12H2,1-2H3,(H,19,23)/t14-/m0/s1. The van der Waals surface area contributed by atoms with Gasteiger partial charge in [-0.05, 0) is 63.5 Å². The third-order valence-corrected chi connectivity index (χ3v) is 4.82. The summed E-state index contributed by atoms with van der Waals surface area (Å²) in [7, 11) is 2.06. The summed E-state index contributed by atoms with van der Waals surface area (Å²) in [6, 6.07) is 5.81. The van der Waals surface area contributed by atoms with Gasteiger partial charge in [0.05, 0.1) is 5.92 Å². The van der Waals surface area contributed by atoms with E-state index in [2.05, 4.69) is 17.3 Å². The molecule has 1 aromatic carbocycles. The average Bonchev–Trinajstić information content (AvgIpc) is 2.93. The molecule has 2 amide bonds. The molecule has 0 aromatic heterocycles. The first-order valence-corrected chi connectivity index (χ1v) is 8.45. The Kier molecular flexibility index (Phi) is 4.66. The minimum absolute atomic E-state index is 0.0638. The molecule has 0 radical (unpaired) electrons. The van der Waals surface area contributed by atoms with E-state index in [4.69, 9.17) is 0 Å². The SMILES string of the molecule is Cc1cc(NC(=O)[C@H]2CCCN(C)C2)ccc1N1CCCC1=O. The Labute approximate surface area is 137 Å². The van der Waals surface area contributed by atoms with Gasteiger partial charge in [0.15, 0.2) is 0 Å². The summed E-state index contributed by atoms with van der Waals surface area (Å²) in [6.07, 6.45) is 3.58. The number of nitrogens with one attached hydrogen (secondary N) is 1. The number of aryl methyl sites for hydroxylation is 1. The van der Waals surface area contributed by atoms with Gasteiger partial charge in [-0.15, -0.1) is 0 Å². The fourth-order valence-corrected chi connectivity index (χ4v) is 3.56. The molecule has 0 aliphatic carbocycles. The number of rotatable bonds is 3. The second-order valence-electron chi connectivity index (χ2n) is 6.74. The fraction of sp³-hybridized carbons (Fsp3) is 0.556. The zero-order valence-electron chi connectivity index (χ0n) is 14.0. The van der Waals surface area contributed by atoms with E-state index in [-0.39, 0.29) is 17.7 Å². The van der Waals surface area contributed by atoms with Crippen molar-refractivity contribution in [1.29, 1.82) is 0 Å². The first kappa shape index (κ1) is 16.0. The molecule has 5 nitrogen and oxygen atoms in total. The Morgan fingerprint density at radius 3 is 2.74 bits per heavy atom. The maximum atomic E-state index is 12.4. The van der Waals surface area contributed by atoms with Gasteiger partial charge in [-0.2, -0.15) is 0 Å². The van der Waals surface area contributed by atoms with E-state index < -0.39 is 0 Å². The molecule has 1 N–H and O–H groups in total. The summed E-state index contributed by atoms with van der Waals surface area (Å²) in [6.45, 7) is 4.68. The van der Waals surface area contributed by atoms with Gasteiger partial charge >= 0.3 is 0 Å². The van der Waals surface area contributed by atoms with Gasteiger partial charge in [-0.3, -0.25) is 9.59 Å². The first-order chi connectivity index (χ1) is 11.0. The molecule has 2 heterocycles. The van der Waals surface area contributed by atoms with Crippen LogP contribution in [0.25, 0.3) is 0 Å². The molecule has 2 fully saturated rings. The van der Waals surface area contributed by atoms with E-state index in [1.807, 2.05) is 30.0 Å². The summed E-state index contributed by atoms with van der Waals surface area (Å²) in [4.78, 5) is 28.3. The van der Waals surface area contributed by atoms with Gasteiger partial charge in [0.2, 0.25) is 11.8 Å². The lowest BCUT2D eigenvalue weighted by Crippen LogP contribution is -2.38. The monoisotopic (exact) mass is 315 g/mol. The van der Waals surface area contributed by atoms with Crippen LogP contribution in [-0.4, -0.2) is 43.4 Å². The van der Waals surface area contributed by atoms with Crippen molar-refractivity contribution in [3.63, 3.8) is 0 Å². The van der Waals surface area contributed by atoms with E-state index in [0.717, 1.165) is 55.8 Å². The molecule has 2 saturated heterocycles. The summed E-state index contributed by atoms with van der Waals surface area (Å²) in [5.74, 6) is 0.352.